The molecular formula is C14H17N3O. The number of aromatic nitrogens is 1. The van der Waals surface area contributed by atoms with Gasteiger partial charge in [0.05, 0.1) is 5.52 Å². The number of hydrogen-bond donors (Lipinski definition) is 2. The lowest BCUT2D eigenvalue weighted by Crippen LogP contribution is -2.43. The van der Waals surface area contributed by atoms with Crippen LogP contribution in [0.1, 0.15) is 11.6 Å². The monoisotopic (exact) mass is 243 g/mol. The van der Waals surface area contributed by atoms with Crippen molar-refractivity contribution in [1.82, 2.24) is 15.2 Å². The van der Waals surface area contributed by atoms with E-state index in [1.165, 1.54) is 5.56 Å². The maximum atomic E-state index is 9.52. The van der Waals surface area contributed by atoms with Gasteiger partial charge in [-0.25, -0.2) is 0 Å². The molecule has 3 rings (SSSR count). The highest BCUT2D eigenvalue weighted by atomic mass is 16.3. The van der Waals surface area contributed by atoms with Crippen molar-refractivity contribution in [2.45, 2.75) is 6.04 Å². The molecule has 1 fully saturated rings. The van der Waals surface area contributed by atoms with Crippen LogP contribution in [0.15, 0.2) is 30.5 Å². The Morgan fingerprint density at radius 1 is 1.39 bits per heavy atom. The van der Waals surface area contributed by atoms with Crippen LogP contribution in [0.25, 0.3) is 10.9 Å². The van der Waals surface area contributed by atoms with E-state index in [-0.39, 0.29) is 5.75 Å². The van der Waals surface area contributed by atoms with E-state index < -0.39 is 0 Å². The summed E-state index contributed by atoms with van der Waals surface area (Å²) in [7, 11) is 2.15. The number of phenols is 1. The van der Waals surface area contributed by atoms with Crippen molar-refractivity contribution in [2.75, 3.05) is 26.7 Å². The molecule has 94 valence electrons. The van der Waals surface area contributed by atoms with Gasteiger partial charge in [-0.3, -0.25) is 9.88 Å². The van der Waals surface area contributed by atoms with E-state index in [0.717, 1.165) is 30.5 Å². The summed E-state index contributed by atoms with van der Waals surface area (Å²) in [6, 6.07) is 7.84. The highest BCUT2D eigenvalue weighted by molar-refractivity contribution is 5.83. The van der Waals surface area contributed by atoms with E-state index in [1.54, 1.807) is 12.1 Å². The Morgan fingerprint density at radius 3 is 3.11 bits per heavy atom. The van der Waals surface area contributed by atoms with Crippen LogP contribution >= 0.6 is 0 Å². The molecule has 1 aliphatic heterocycles. The van der Waals surface area contributed by atoms with Crippen molar-refractivity contribution < 1.29 is 5.11 Å². The van der Waals surface area contributed by atoms with Gasteiger partial charge in [0, 0.05) is 43.3 Å². The minimum atomic E-state index is 0.266. The minimum Gasteiger partial charge on any atom is -0.508 e. The molecule has 0 bridgehead atoms. The van der Waals surface area contributed by atoms with Crippen LogP contribution in [-0.4, -0.2) is 41.7 Å². The van der Waals surface area contributed by atoms with Gasteiger partial charge in [-0.15, -0.1) is 0 Å². The first-order chi connectivity index (χ1) is 8.75. The smallest absolute Gasteiger partial charge is 0.117 e. The standard InChI is InChI=1S/C14H17N3O/c1-17-7-6-15-9-14(17)12-4-5-16-13-8-10(18)2-3-11(12)13/h2-5,8,14-15,18H,6-7,9H2,1H3. The van der Waals surface area contributed by atoms with Crippen LogP contribution < -0.4 is 5.32 Å². The fourth-order valence-corrected chi connectivity index (χ4v) is 2.60. The Labute approximate surface area is 106 Å². The Kier molecular flexibility index (Phi) is 2.89. The summed E-state index contributed by atoms with van der Waals surface area (Å²) >= 11 is 0. The van der Waals surface area contributed by atoms with Gasteiger partial charge in [0.25, 0.3) is 0 Å². The van der Waals surface area contributed by atoms with Gasteiger partial charge in [-0.1, -0.05) is 0 Å². The molecule has 1 aliphatic rings. The number of benzene rings is 1. The first kappa shape index (κ1) is 11.4. The van der Waals surface area contributed by atoms with E-state index in [9.17, 15) is 5.11 Å². The lowest BCUT2D eigenvalue weighted by Gasteiger charge is -2.33. The zero-order valence-corrected chi connectivity index (χ0v) is 10.4. The third-order valence-corrected chi connectivity index (χ3v) is 3.63. The third kappa shape index (κ3) is 1.94. The molecule has 1 saturated heterocycles. The Bertz CT molecular complexity index is 570. The topological polar surface area (TPSA) is 48.4 Å². The predicted molar refractivity (Wildman–Crippen MR) is 71.6 cm³/mol. The normalized spacial score (nSPS) is 21.3. The summed E-state index contributed by atoms with van der Waals surface area (Å²) in [6.07, 6.45) is 1.82. The second kappa shape index (κ2) is 4.55. The molecule has 4 heteroatoms. The molecule has 1 unspecified atom stereocenters. The van der Waals surface area contributed by atoms with Crippen molar-refractivity contribution in [3.63, 3.8) is 0 Å². The van der Waals surface area contributed by atoms with E-state index in [4.69, 9.17) is 0 Å². The van der Waals surface area contributed by atoms with E-state index in [2.05, 4.69) is 28.3 Å². The van der Waals surface area contributed by atoms with E-state index in [1.807, 2.05) is 12.3 Å². The van der Waals surface area contributed by atoms with Gasteiger partial charge < -0.3 is 10.4 Å². The molecule has 1 aromatic carbocycles. The molecule has 0 radical (unpaired) electrons. The maximum absolute atomic E-state index is 9.52. The first-order valence-corrected chi connectivity index (χ1v) is 6.24. The fourth-order valence-electron chi connectivity index (χ4n) is 2.60. The zero-order valence-electron chi connectivity index (χ0n) is 10.4. The second-order valence-corrected chi connectivity index (χ2v) is 4.80. The third-order valence-electron chi connectivity index (χ3n) is 3.63. The fraction of sp³-hybridized carbons (Fsp3) is 0.357. The molecule has 0 aliphatic carbocycles. The first-order valence-electron chi connectivity index (χ1n) is 6.24. The lowest BCUT2D eigenvalue weighted by atomic mass is 9.99. The van der Waals surface area contributed by atoms with Crippen molar-refractivity contribution in [3.05, 3.63) is 36.0 Å². The number of aromatic hydroxyl groups is 1. The number of pyridine rings is 1. The van der Waals surface area contributed by atoms with Crippen LogP contribution in [0.2, 0.25) is 0 Å². The Hall–Kier alpha value is -1.65. The Balaban J connectivity index is 2.10. The summed E-state index contributed by atoms with van der Waals surface area (Å²) < 4.78 is 0. The maximum Gasteiger partial charge on any atom is 0.117 e. The van der Waals surface area contributed by atoms with Crippen LogP contribution in [0.5, 0.6) is 5.75 Å². The number of fused-ring (bicyclic) bond motifs is 1. The minimum absolute atomic E-state index is 0.266. The largest absolute Gasteiger partial charge is 0.508 e. The molecule has 2 heterocycles. The number of hydrogen-bond acceptors (Lipinski definition) is 4. The molecule has 0 spiro atoms. The SMILES string of the molecule is CN1CCNCC1c1ccnc2cc(O)ccc12. The summed E-state index contributed by atoms with van der Waals surface area (Å²) in [5, 5.41) is 14.1. The summed E-state index contributed by atoms with van der Waals surface area (Å²) in [6.45, 7) is 3.04. The van der Waals surface area contributed by atoms with Gasteiger partial charge in [0.15, 0.2) is 0 Å². The summed E-state index contributed by atoms with van der Waals surface area (Å²) in [5.41, 5.74) is 2.13. The molecule has 0 saturated carbocycles. The van der Waals surface area contributed by atoms with Crippen molar-refractivity contribution in [2.24, 2.45) is 0 Å². The predicted octanol–water partition coefficient (Wildman–Crippen LogP) is 1.52. The van der Waals surface area contributed by atoms with Gasteiger partial charge in [-0.05, 0) is 30.8 Å². The zero-order chi connectivity index (χ0) is 12.5. The van der Waals surface area contributed by atoms with Crippen molar-refractivity contribution in [3.8, 4) is 5.75 Å². The molecule has 1 aromatic heterocycles. The van der Waals surface area contributed by atoms with Gasteiger partial charge >= 0.3 is 0 Å². The number of phenolic OH excluding ortho intramolecular Hbond substituents is 1. The van der Waals surface area contributed by atoms with Crippen LogP contribution in [0, 0.1) is 0 Å². The number of nitrogens with zero attached hydrogens (tertiary/aromatic N) is 2. The van der Waals surface area contributed by atoms with Crippen molar-refractivity contribution in [1.29, 1.82) is 0 Å². The molecule has 2 aromatic rings. The quantitative estimate of drug-likeness (QED) is 0.797. The highest BCUT2D eigenvalue weighted by Gasteiger charge is 2.22. The van der Waals surface area contributed by atoms with Gasteiger partial charge in [0.2, 0.25) is 0 Å². The number of likely N-dealkylation sites (N-methyl/N-ethyl adjacent to an activating group) is 1. The molecule has 0 amide bonds. The number of piperazine rings is 1. The van der Waals surface area contributed by atoms with Crippen LogP contribution in [0.4, 0.5) is 0 Å². The van der Waals surface area contributed by atoms with E-state index >= 15 is 0 Å². The van der Waals surface area contributed by atoms with Gasteiger partial charge in [-0.2, -0.15) is 0 Å². The average Bonchev–Trinajstić information content (AvgIpc) is 2.38. The van der Waals surface area contributed by atoms with Crippen LogP contribution in [-0.2, 0) is 0 Å². The lowest BCUT2D eigenvalue weighted by molar-refractivity contribution is 0.203. The second-order valence-electron chi connectivity index (χ2n) is 4.80. The average molecular weight is 243 g/mol. The van der Waals surface area contributed by atoms with Gasteiger partial charge in [0.1, 0.15) is 5.75 Å². The molecule has 2 N–H and O–H groups in total. The highest BCUT2D eigenvalue weighted by Crippen LogP contribution is 2.28. The molecular weight excluding hydrogens is 226 g/mol. The molecule has 1 atom stereocenters. The van der Waals surface area contributed by atoms with Crippen LogP contribution in [0.3, 0.4) is 0 Å². The Morgan fingerprint density at radius 2 is 2.28 bits per heavy atom. The molecule has 18 heavy (non-hydrogen) atoms. The number of nitrogens with one attached hydrogen (secondary N) is 1. The number of rotatable bonds is 1. The van der Waals surface area contributed by atoms with E-state index in [0.29, 0.717) is 6.04 Å². The van der Waals surface area contributed by atoms with Crippen molar-refractivity contribution >= 4 is 10.9 Å². The molecule has 4 nitrogen and oxygen atoms in total. The summed E-state index contributed by atoms with van der Waals surface area (Å²) in [4.78, 5) is 6.68. The summed E-state index contributed by atoms with van der Waals surface area (Å²) in [5.74, 6) is 0.266.